The van der Waals surface area contributed by atoms with E-state index in [1.54, 1.807) is 19.2 Å². The Labute approximate surface area is 223 Å². The van der Waals surface area contributed by atoms with Crippen LogP contribution in [0, 0.1) is 6.92 Å². The Bertz CT molecular complexity index is 1330. The van der Waals surface area contributed by atoms with Crippen LogP contribution in [0.3, 0.4) is 0 Å². The van der Waals surface area contributed by atoms with Gasteiger partial charge in [0.15, 0.2) is 0 Å². The summed E-state index contributed by atoms with van der Waals surface area (Å²) in [4.78, 5) is 17.3. The summed E-state index contributed by atoms with van der Waals surface area (Å²) < 4.78 is 13.5. The van der Waals surface area contributed by atoms with E-state index in [0.717, 1.165) is 71.8 Å². The van der Waals surface area contributed by atoms with Gasteiger partial charge in [0.2, 0.25) is 0 Å². The predicted octanol–water partition coefficient (Wildman–Crippen LogP) is 6.62. The summed E-state index contributed by atoms with van der Waals surface area (Å²) in [5, 5.41) is 3.75. The number of amides is 1. The molecule has 0 spiro atoms. The van der Waals surface area contributed by atoms with E-state index in [0.29, 0.717) is 24.5 Å². The lowest BCUT2D eigenvalue weighted by atomic mass is 10.1. The van der Waals surface area contributed by atoms with E-state index < -0.39 is 0 Å². The van der Waals surface area contributed by atoms with E-state index in [1.807, 2.05) is 43.3 Å². The fraction of sp³-hybridized carbons (Fsp3) is 0.333. The average molecular weight is 520 g/mol. The average Bonchev–Trinajstić information content (AvgIpc) is 3.27. The van der Waals surface area contributed by atoms with E-state index in [-0.39, 0.29) is 5.91 Å². The largest absolute Gasteiger partial charge is 0.496 e. The number of carbonyl (C=O) groups excluding carboxylic acids is 1. The van der Waals surface area contributed by atoms with Crippen molar-refractivity contribution in [2.75, 3.05) is 20.3 Å². The van der Waals surface area contributed by atoms with E-state index in [2.05, 4.69) is 28.1 Å². The summed E-state index contributed by atoms with van der Waals surface area (Å²) in [5.41, 5.74) is 3.76. The van der Waals surface area contributed by atoms with Gasteiger partial charge in [0, 0.05) is 24.5 Å². The molecule has 4 rings (SSSR count). The number of imidazole rings is 1. The number of benzene rings is 3. The van der Waals surface area contributed by atoms with Crippen LogP contribution in [0.4, 0.5) is 0 Å². The first-order chi connectivity index (χ1) is 18.1. The third-order valence-electron chi connectivity index (χ3n) is 6.37. The summed E-state index contributed by atoms with van der Waals surface area (Å²) in [6.45, 7) is 4.08. The molecule has 0 aliphatic heterocycles. The van der Waals surface area contributed by atoms with Crippen LogP contribution in [0.25, 0.3) is 11.0 Å². The van der Waals surface area contributed by atoms with Crippen LogP contribution in [0.1, 0.15) is 47.4 Å². The van der Waals surface area contributed by atoms with Crippen LogP contribution >= 0.6 is 11.6 Å². The Morgan fingerprint density at radius 3 is 2.65 bits per heavy atom. The SMILES string of the molecule is COc1ccccc1C(=O)NCCCCCc1nc2ccccc2n1CCCOc1ccc(Cl)c(C)c1. The maximum Gasteiger partial charge on any atom is 0.255 e. The zero-order valence-electron chi connectivity index (χ0n) is 21.5. The van der Waals surface area contributed by atoms with Crippen molar-refractivity contribution in [1.29, 1.82) is 0 Å². The summed E-state index contributed by atoms with van der Waals surface area (Å²) in [6, 6.07) is 21.3. The number of aromatic nitrogens is 2. The van der Waals surface area contributed by atoms with Gasteiger partial charge in [-0.25, -0.2) is 4.98 Å². The van der Waals surface area contributed by atoms with Crippen molar-refractivity contribution >= 4 is 28.5 Å². The van der Waals surface area contributed by atoms with Gasteiger partial charge in [0.05, 0.1) is 30.3 Å². The van der Waals surface area contributed by atoms with Crippen LogP contribution in [-0.4, -0.2) is 35.7 Å². The second-order valence-corrected chi connectivity index (χ2v) is 9.46. The van der Waals surface area contributed by atoms with Crippen molar-refractivity contribution in [3.8, 4) is 11.5 Å². The van der Waals surface area contributed by atoms with Crippen molar-refractivity contribution in [3.05, 3.63) is 88.7 Å². The molecule has 3 aromatic carbocycles. The third-order valence-corrected chi connectivity index (χ3v) is 6.80. The molecular weight excluding hydrogens is 486 g/mol. The fourth-order valence-corrected chi connectivity index (χ4v) is 4.52. The maximum atomic E-state index is 12.4. The number of aryl methyl sites for hydroxylation is 3. The molecule has 1 N–H and O–H groups in total. The van der Waals surface area contributed by atoms with E-state index in [1.165, 1.54) is 0 Å². The summed E-state index contributed by atoms with van der Waals surface area (Å²) in [5.74, 6) is 2.43. The van der Waals surface area contributed by atoms with Gasteiger partial charge in [-0.15, -0.1) is 0 Å². The number of fused-ring (bicyclic) bond motifs is 1. The minimum Gasteiger partial charge on any atom is -0.496 e. The Hall–Kier alpha value is -3.51. The van der Waals surface area contributed by atoms with Crippen LogP contribution in [-0.2, 0) is 13.0 Å². The zero-order chi connectivity index (χ0) is 26.0. The molecule has 194 valence electrons. The first-order valence-electron chi connectivity index (χ1n) is 12.8. The summed E-state index contributed by atoms with van der Waals surface area (Å²) in [7, 11) is 1.58. The minimum absolute atomic E-state index is 0.102. The third kappa shape index (κ3) is 7.04. The molecule has 1 heterocycles. The number of halogens is 1. The lowest BCUT2D eigenvalue weighted by molar-refractivity contribution is 0.0950. The second-order valence-electron chi connectivity index (χ2n) is 9.05. The van der Waals surface area contributed by atoms with Crippen LogP contribution < -0.4 is 14.8 Å². The Kier molecular flexibility index (Phi) is 9.44. The van der Waals surface area contributed by atoms with Crippen LogP contribution in [0.5, 0.6) is 11.5 Å². The molecule has 37 heavy (non-hydrogen) atoms. The Morgan fingerprint density at radius 2 is 1.81 bits per heavy atom. The molecule has 0 unspecified atom stereocenters. The summed E-state index contributed by atoms with van der Waals surface area (Å²) >= 11 is 6.11. The van der Waals surface area contributed by atoms with Crippen molar-refractivity contribution < 1.29 is 14.3 Å². The normalized spacial score (nSPS) is 11.0. The molecule has 7 heteroatoms. The predicted molar refractivity (Wildman–Crippen MR) is 149 cm³/mol. The van der Waals surface area contributed by atoms with E-state index in [9.17, 15) is 4.79 Å². The number of unbranched alkanes of at least 4 members (excludes halogenated alkanes) is 2. The van der Waals surface area contributed by atoms with Gasteiger partial charge in [-0.3, -0.25) is 4.79 Å². The number of nitrogens with zero attached hydrogens (tertiary/aromatic N) is 2. The molecule has 0 fully saturated rings. The van der Waals surface area contributed by atoms with E-state index in [4.69, 9.17) is 26.1 Å². The Balaban J connectivity index is 1.25. The number of methoxy groups -OCH3 is 1. The highest BCUT2D eigenvalue weighted by Crippen LogP contribution is 2.22. The number of nitrogens with one attached hydrogen (secondary N) is 1. The van der Waals surface area contributed by atoms with Crippen LogP contribution in [0.2, 0.25) is 5.02 Å². The van der Waals surface area contributed by atoms with Gasteiger partial charge in [-0.05, 0) is 74.2 Å². The first kappa shape index (κ1) is 26.6. The molecule has 1 amide bonds. The number of hydrogen-bond acceptors (Lipinski definition) is 4. The van der Waals surface area contributed by atoms with Crippen molar-refractivity contribution in [3.63, 3.8) is 0 Å². The molecule has 1 aromatic heterocycles. The molecule has 0 bridgehead atoms. The number of ether oxygens (including phenoxy) is 2. The number of carbonyl (C=O) groups is 1. The van der Waals surface area contributed by atoms with Gasteiger partial charge < -0.3 is 19.4 Å². The molecule has 0 aliphatic rings. The lowest BCUT2D eigenvalue weighted by Crippen LogP contribution is -2.24. The molecule has 0 atom stereocenters. The van der Waals surface area contributed by atoms with E-state index >= 15 is 0 Å². The van der Waals surface area contributed by atoms with Gasteiger partial charge in [0.25, 0.3) is 5.91 Å². The number of hydrogen-bond donors (Lipinski definition) is 1. The molecule has 0 saturated carbocycles. The maximum absolute atomic E-state index is 12.4. The van der Waals surface area contributed by atoms with Gasteiger partial charge in [-0.2, -0.15) is 0 Å². The quantitative estimate of drug-likeness (QED) is 0.202. The topological polar surface area (TPSA) is 65.4 Å². The monoisotopic (exact) mass is 519 g/mol. The first-order valence-corrected chi connectivity index (χ1v) is 13.2. The molecule has 4 aromatic rings. The van der Waals surface area contributed by atoms with Crippen molar-refractivity contribution in [2.24, 2.45) is 0 Å². The molecule has 0 saturated heterocycles. The van der Waals surface area contributed by atoms with Crippen LogP contribution in [0.15, 0.2) is 66.7 Å². The fourth-order valence-electron chi connectivity index (χ4n) is 4.40. The lowest BCUT2D eigenvalue weighted by Gasteiger charge is -2.11. The van der Waals surface area contributed by atoms with Gasteiger partial charge >= 0.3 is 0 Å². The molecule has 6 nitrogen and oxygen atoms in total. The number of para-hydroxylation sites is 3. The number of rotatable bonds is 13. The van der Waals surface area contributed by atoms with Crippen molar-refractivity contribution in [1.82, 2.24) is 14.9 Å². The standard InChI is InChI=1S/C30H34ClN3O3/c1-22-21-23(16-17-25(22)31)37-20-10-19-34-27-13-7-6-12-26(27)33-29(34)15-4-3-9-18-32-30(35)24-11-5-8-14-28(24)36-2/h5-8,11-14,16-17,21H,3-4,9-10,15,18-20H2,1-2H3,(H,32,35). The highest BCUT2D eigenvalue weighted by atomic mass is 35.5. The molecule has 0 aliphatic carbocycles. The summed E-state index contributed by atoms with van der Waals surface area (Å²) in [6.07, 6.45) is 4.70. The molecule has 0 radical (unpaired) electrons. The second kappa shape index (κ2) is 13.2. The smallest absolute Gasteiger partial charge is 0.255 e. The van der Waals surface area contributed by atoms with Gasteiger partial charge in [-0.1, -0.05) is 42.3 Å². The highest BCUT2D eigenvalue weighted by molar-refractivity contribution is 6.31. The van der Waals surface area contributed by atoms with Gasteiger partial charge in [0.1, 0.15) is 17.3 Å². The Morgan fingerprint density at radius 1 is 1.00 bits per heavy atom. The van der Waals surface area contributed by atoms with Crippen molar-refractivity contribution in [2.45, 2.75) is 45.6 Å². The molecular formula is C30H34ClN3O3. The zero-order valence-corrected chi connectivity index (χ0v) is 22.3. The highest BCUT2D eigenvalue weighted by Gasteiger charge is 2.12. The minimum atomic E-state index is -0.102.